The minimum Gasteiger partial charge on any atom is -0.311 e. The van der Waals surface area contributed by atoms with E-state index < -0.39 is 0 Å². The van der Waals surface area contributed by atoms with E-state index in [1.807, 2.05) is 19.3 Å². The maximum absolute atomic E-state index is 4.44. The van der Waals surface area contributed by atoms with E-state index in [4.69, 9.17) is 0 Å². The van der Waals surface area contributed by atoms with Gasteiger partial charge in [-0.05, 0) is 12.3 Å². The molecule has 0 saturated carbocycles. The van der Waals surface area contributed by atoms with Crippen molar-refractivity contribution >= 4 is 0 Å². The summed E-state index contributed by atoms with van der Waals surface area (Å²) in [5.74, 6) is 0. The maximum atomic E-state index is 4.44. The third kappa shape index (κ3) is 3.50. The van der Waals surface area contributed by atoms with E-state index in [-0.39, 0.29) is 0 Å². The predicted octanol–water partition coefficient (Wildman–Crippen LogP) is 1.60. The van der Waals surface area contributed by atoms with Gasteiger partial charge in [-0.3, -0.25) is 14.9 Å². The van der Waals surface area contributed by atoms with Gasteiger partial charge in [-0.2, -0.15) is 0 Å². The van der Waals surface area contributed by atoms with Gasteiger partial charge in [0, 0.05) is 44.6 Å². The number of piperazine rings is 1. The Morgan fingerprint density at radius 3 is 2.72 bits per heavy atom. The highest BCUT2D eigenvalue weighted by molar-refractivity contribution is 5.01. The largest absolute Gasteiger partial charge is 0.311 e. The van der Waals surface area contributed by atoms with Crippen LogP contribution in [0, 0.1) is 12.3 Å². The topological polar surface area (TPSA) is 41.1 Å². The second-order valence-corrected chi connectivity index (χ2v) is 6.26. The van der Waals surface area contributed by atoms with Gasteiger partial charge in [0.25, 0.3) is 0 Å². The number of aryl methyl sites for hydroxylation is 1. The summed E-state index contributed by atoms with van der Waals surface area (Å²) in [6, 6.07) is 0.546. The van der Waals surface area contributed by atoms with Crippen LogP contribution in [-0.4, -0.2) is 40.5 Å². The van der Waals surface area contributed by atoms with E-state index in [9.17, 15) is 0 Å². The van der Waals surface area contributed by atoms with Crippen molar-refractivity contribution in [1.82, 2.24) is 20.2 Å². The van der Waals surface area contributed by atoms with Gasteiger partial charge in [-0.15, -0.1) is 0 Å². The third-order valence-corrected chi connectivity index (χ3v) is 3.52. The standard InChI is InChI=1S/C14H24N4/c1-11-7-17-12(8-16-11)9-18-6-5-15-13(10-18)14(2,3)4/h7-8,13,15H,5-6,9-10H2,1-4H3. The Hall–Kier alpha value is -1.00. The summed E-state index contributed by atoms with van der Waals surface area (Å²) in [5.41, 5.74) is 2.35. The predicted molar refractivity (Wildman–Crippen MR) is 73.3 cm³/mol. The van der Waals surface area contributed by atoms with Crippen LogP contribution in [0.4, 0.5) is 0 Å². The van der Waals surface area contributed by atoms with E-state index in [1.165, 1.54) is 0 Å². The van der Waals surface area contributed by atoms with Crippen LogP contribution < -0.4 is 5.32 Å². The molecule has 1 atom stereocenters. The second-order valence-electron chi connectivity index (χ2n) is 6.26. The average Bonchev–Trinajstić information content (AvgIpc) is 2.31. The Labute approximate surface area is 110 Å². The molecule has 1 saturated heterocycles. The summed E-state index contributed by atoms with van der Waals surface area (Å²) in [6.07, 6.45) is 3.74. The molecule has 1 aliphatic rings. The molecule has 0 aliphatic carbocycles. The van der Waals surface area contributed by atoms with Gasteiger partial charge < -0.3 is 5.32 Å². The van der Waals surface area contributed by atoms with Crippen molar-refractivity contribution in [3.05, 3.63) is 23.8 Å². The molecule has 18 heavy (non-hydrogen) atoms. The molecule has 2 rings (SSSR count). The van der Waals surface area contributed by atoms with Crippen molar-refractivity contribution in [2.75, 3.05) is 19.6 Å². The summed E-state index contributed by atoms with van der Waals surface area (Å²) in [7, 11) is 0. The van der Waals surface area contributed by atoms with Gasteiger partial charge in [-0.25, -0.2) is 0 Å². The molecule has 4 heteroatoms. The first-order valence-electron chi connectivity index (χ1n) is 6.68. The second kappa shape index (κ2) is 5.33. The van der Waals surface area contributed by atoms with Gasteiger partial charge in [0.2, 0.25) is 0 Å². The molecule has 100 valence electrons. The Morgan fingerprint density at radius 1 is 1.33 bits per heavy atom. The van der Waals surface area contributed by atoms with Gasteiger partial charge in [0.15, 0.2) is 0 Å². The molecule has 1 aromatic heterocycles. The highest BCUT2D eigenvalue weighted by Crippen LogP contribution is 2.22. The molecule has 4 nitrogen and oxygen atoms in total. The fourth-order valence-electron chi connectivity index (χ4n) is 2.26. The van der Waals surface area contributed by atoms with Crippen molar-refractivity contribution in [3.8, 4) is 0 Å². The molecule has 0 spiro atoms. The Kier molecular flexibility index (Phi) is 3.97. The quantitative estimate of drug-likeness (QED) is 0.863. The highest BCUT2D eigenvalue weighted by Gasteiger charge is 2.29. The monoisotopic (exact) mass is 248 g/mol. The van der Waals surface area contributed by atoms with Crippen LogP contribution in [0.5, 0.6) is 0 Å². The van der Waals surface area contributed by atoms with Crippen LogP contribution in [0.2, 0.25) is 0 Å². The Balaban J connectivity index is 1.95. The van der Waals surface area contributed by atoms with Crippen LogP contribution in [-0.2, 0) is 6.54 Å². The number of aromatic nitrogens is 2. The molecule has 0 aromatic carbocycles. The lowest BCUT2D eigenvalue weighted by molar-refractivity contribution is 0.128. The van der Waals surface area contributed by atoms with E-state index in [0.717, 1.165) is 37.6 Å². The molecule has 1 unspecified atom stereocenters. The zero-order valence-electron chi connectivity index (χ0n) is 11.9. The van der Waals surface area contributed by atoms with Gasteiger partial charge >= 0.3 is 0 Å². The molecular formula is C14H24N4. The zero-order chi connectivity index (χ0) is 13.2. The van der Waals surface area contributed by atoms with Gasteiger partial charge in [0.1, 0.15) is 0 Å². The Morgan fingerprint density at radius 2 is 2.11 bits per heavy atom. The van der Waals surface area contributed by atoms with Crippen molar-refractivity contribution < 1.29 is 0 Å². The first-order valence-corrected chi connectivity index (χ1v) is 6.68. The van der Waals surface area contributed by atoms with Crippen LogP contribution in [0.1, 0.15) is 32.2 Å². The fraction of sp³-hybridized carbons (Fsp3) is 0.714. The summed E-state index contributed by atoms with van der Waals surface area (Å²) < 4.78 is 0. The minimum absolute atomic E-state index is 0.303. The van der Waals surface area contributed by atoms with Crippen LogP contribution in [0.3, 0.4) is 0 Å². The van der Waals surface area contributed by atoms with Crippen LogP contribution in [0.25, 0.3) is 0 Å². The summed E-state index contributed by atoms with van der Waals surface area (Å²) in [6.45, 7) is 13.0. The van der Waals surface area contributed by atoms with Gasteiger partial charge in [-0.1, -0.05) is 20.8 Å². The van der Waals surface area contributed by atoms with Crippen molar-refractivity contribution in [3.63, 3.8) is 0 Å². The average molecular weight is 248 g/mol. The molecule has 0 amide bonds. The highest BCUT2D eigenvalue weighted by atomic mass is 15.2. The lowest BCUT2D eigenvalue weighted by Crippen LogP contribution is -2.55. The van der Waals surface area contributed by atoms with Crippen molar-refractivity contribution in [2.24, 2.45) is 5.41 Å². The first-order chi connectivity index (χ1) is 8.45. The van der Waals surface area contributed by atoms with E-state index >= 15 is 0 Å². The summed E-state index contributed by atoms with van der Waals surface area (Å²) >= 11 is 0. The third-order valence-electron chi connectivity index (χ3n) is 3.52. The summed E-state index contributed by atoms with van der Waals surface area (Å²) in [4.78, 5) is 11.2. The smallest absolute Gasteiger partial charge is 0.0727 e. The number of hydrogen-bond donors (Lipinski definition) is 1. The molecule has 1 aliphatic heterocycles. The van der Waals surface area contributed by atoms with E-state index in [1.54, 1.807) is 0 Å². The molecule has 1 N–H and O–H groups in total. The lowest BCUT2D eigenvalue weighted by atomic mass is 9.85. The molecular weight excluding hydrogens is 224 g/mol. The number of hydrogen-bond acceptors (Lipinski definition) is 4. The van der Waals surface area contributed by atoms with E-state index in [2.05, 4.69) is 41.0 Å². The van der Waals surface area contributed by atoms with Crippen LogP contribution >= 0.6 is 0 Å². The molecule has 2 heterocycles. The summed E-state index contributed by atoms with van der Waals surface area (Å²) in [5, 5.41) is 3.61. The van der Waals surface area contributed by atoms with E-state index in [0.29, 0.717) is 11.5 Å². The van der Waals surface area contributed by atoms with Crippen molar-refractivity contribution in [1.29, 1.82) is 0 Å². The molecule has 1 aromatic rings. The first kappa shape index (κ1) is 13.4. The molecule has 0 radical (unpaired) electrons. The normalized spacial score (nSPS) is 22.1. The molecule has 1 fully saturated rings. The number of nitrogens with zero attached hydrogens (tertiary/aromatic N) is 3. The van der Waals surface area contributed by atoms with Crippen LogP contribution in [0.15, 0.2) is 12.4 Å². The van der Waals surface area contributed by atoms with Gasteiger partial charge in [0.05, 0.1) is 11.4 Å². The fourth-order valence-corrected chi connectivity index (χ4v) is 2.26. The minimum atomic E-state index is 0.303. The molecule has 0 bridgehead atoms. The SMILES string of the molecule is Cc1cnc(CN2CCNC(C(C)(C)C)C2)cn1. The Bertz CT molecular complexity index is 380. The van der Waals surface area contributed by atoms with Crippen molar-refractivity contribution in [2.45, 2.75) is 40.3 Å². The number of nitrogens with one attached hydrogen (secondary N) is 1. The lowest BCUT2D eigenvalue weighted by Gasteiger charge is -2.40. The maximum Gasteiger partial charge on any atom is 0.0727 e. The zero-order valence-corrected chi connectivity index (χ0v) is 11.9. The number of rotatable bonds is 2.